The molecule has 0 aliphatic carbocycles. The van der Waals surface area contributed by atoms with Crippen LogP contribution in [0.1, 0.15) is 26.7 Å². The molecule has 20 heavy (non-hydrogen) atoms. The molecule has 1 aromatic rings. The van der Waals surface area contributed by atoms with Crippen molar-refractivity contribution >= 4 is 22.2 Å². The van der Waals surface area contributed by atoms with E-state index in [4.69, 9.17) is 4.74 Å². The van der Waals surface area contributed by atoms with Crippen molar-refractivity contribution in [1.29, 1.82) is 0 Å². The van der Waals surface area contributed by atoms with Crippen LogP contribution >= 0.6 is 12.4 Å². The third-order valence-electron chi connectivity index (χ3n) is 2.69. The standard InChI is InChI=1S/C14H19FO3S.ClH/c1-3-9-19(16,17)14-7-5-13(6-8-14)18-11-12(4-2)10-15;/h5-8,10H,3-4,9,11H2,1-2H3;1H/b12-10-;. The molecule has 0 N–H and O–H groups in total. The van der Waals surface area contributed by atoms with Crippen LogP contribution in [0.15, 0.2) is 41.1 Å². The largest absolute Gasteiger partial charge is 0.489 e. The van der Waals surface area contributed by atoms with E-state index < -0.39 is 9.84 Å². The van der Waals surface area contributed by atoms with Gasteiger partial charge in [-0.1, -0.05) is 13.8 Å². The Morgan fingerprint density at radius 2 is 1.85 bits per heavy atom. The van der Waals surface area contributed by atoms with Crippen LogP contribution in [0.3, 0.4) is 0 Å². The molecule has 0 saturated heterocycles. The minimum atomic E-state index is -3.19. The van der Waals surface area contributed by atoms with Gasteiger partial charge < -0.3 is 4.74 Å². The van der Waals surface area contributed by atoms with Crippen molar-refractivity contribution in [3.05, 3.63) is 36.2 Å². The van der Waals surface area contributed by atoms with E-state index in [9.17, 15) is 12.8 Å². The van der Waals surface area contributed by atoms with Gasteiger partial charge in [-0.2, -0.15) is 0 Å². The molecule has 0 aliphatic heterocycles. The molecule has 0 heterocycles. The Morgan fingerprint density at radius 1 is 1.25 bits per heavy atom. The van der Waals surface area contributed by atoms with Crippen LogP contribution in [0.4, 0.5) is 4.39 Å². The van der Waals surface area contributed by atoms with Crippen molar-refractivity contribution in [2.24, 2.45) is 0 Å². The van der Waals surface area contributed by atoms with E-state index in [0.717, 1.165) is 0 Å². The Bertz CT molecular complexity index is 524. The SMILES string of the molecule is CCCS(=O)(=O)c1ccc(OC/C(=C\F)CC)cc1.Cl. The maximum absolute atomic E-state index is 12.3. The van der Waals surface area contributed by atoms with Gasteiger partial charge in [-0.05, 0) is 42.7 Å². The van der Waals surface area contributed by atoms with Crippen LogP contribution < -0.4 is 4.74 Å². The average molecular weight is 323 g/mol. The smallest absolute Gasteiger partial charge is 0.178 e. The van der Waals surface area contributed by atoms with Crippen LogP contribution in [-0.4, -0.2) is 20.8 Å². The van der Waals surface area contributed by atoms with Gasteiger partial charge in [0.2, 0.25) is 0 Å². The first-order chi connectivity index (χ1) is 9.03. The van der Waals surface area contributed by atoms with E-state index in [0.29, 0.717) is 35.4 Å². The van der Waals surface area contributed by atoms with Gasteiger partial charge in [0.05, 0.1) is 17.0 Å². The lowest BCUT2D eigenvalue weighted by molar-refractivity contribution is 0.345. The highest BCUT2D eigenvalue weighted by molar-refractivity contribution is 7.91. The molecule has 1 aromatic carbocycles. The predicted molar refractivity (Wildman–Crippen MR) is 81.0 cm³/mol. The summed E-state index contributed by atoms with van der Waals surface area (Å²) in [4.78, 5) is 0.290. The summed E-state index contributed by atoms with van der Waals surface area (Å²) in [6.07, 6.45) is 1.71. The number of ether oxygens (including phenoxy) is 1. The average Bonchev–Trinajstić information content (AvgIpc) is 2.40. The van der Waals surface area contributed by atoms with Gasteiger partial charge in [-0.25, -0.2) is 12.8 Å². The second kappa shape index (κ2) is 8.97. The molecule has 0 bridgehead atoms. The van der Waals surface area contributed by atoms with E-state index in [-0.39, 0.29) is 24.8 Å². The lowest BCUT2D eigenvalue weighted by atomic mass is 10.2. The predicted octanol–water partition coefficient (Wildman–Crippen LogP) is 3.93. The summed E-state index contributed by atoms with van der Waals surface area (Å²) in [5, 5.41) is 0. The summed E-state index contributed by atoms with van der Waals surface area (Å²) in [5.74, 6) is 0.667. The van der Waals surface area contributed by atoms with Crippen molar-refractivity contribution in [3.8, 4) is 5.75 Å². The zero-order chi connectivity index (χ0) is 14.3. The maximum atomic E-state index is 12.3. The van der Waals surface area contributed by atoms with Gasteiger partial charge in [0.15, 0.2) is 9.84 Å². The number of hydrogen-bond donors (Lipinski definition) is 0. The van der Waals surface area contributed by atoms with E-state index >= 15 is 0 Å². The van der Waals surface area contributed by atoms with E-state index in [1.165, 1.54) is 12.1 Å². The summed E-state index contributed by atoms with van der Waals surface area (Å²) < 4.78 is 41.3. The van der Waals surface area contributed by atoms with E-state index in [2.05, 4.69) is 0 Å². The third-order valence-corrected chi connectivity index (χ3v) is 4.62. The number of sulfone groups is 1. The Morgan fingerprint density at radius 3 is 2.30 bits per heavy atom. The molecule has 3 nitrogen and oxygen atoms in total. The maximum Gasteiger partial charge on any atom is 0.178 e. The fourth-order valence-electron chi connectivity index (χ4n) is 1.52. The summed E-state index contributed by atoms with van der Waals surface area (Å²) in [6, 6.07) is 6.22. The third kappa shape index (κ3) is 5.51. The zero-order valence-electron chi connectivity index (χ0n) is 11.6. The van der Waals surface area contributed by atoms with Gasteiger partial charge in [0.25, 0.3) is 0 Å². The molecule has 6 heteroatoms. The van der Waals surface area contributed by atoms with E-state index in [1.807, 2.05) is 13.8 Å². The van der Waals surface area contributed by atoms with Gasteiger partial charge >= 0.3 is 0 Å². The Balaban J connectivity index is 0.00000361. The Kier molecular flexibility index (Phi) is 8.49. The fourth-order valence-corrected chi connectivity index (χ4v) is 2.84. The Hall–Kier alpha value is -1.07. The molecule has 114 valence electrons. The first kappa shape index (κ1) is 18.9. The number of hydrogen-bond acceptors (Lipinski definition) is 3. The van der Waals surface area contributed by atoms with Gasteiger partial charge in [0.1, 0.15) is 12.4 Å². The second-order valence-corrected chi connectivity index (χ2v) is 6.31. The topological polar surface area (TPSA) is 43.4 Å². The fraction of sp³-hybridized carbons (Fsp3) is 0.429. The highest BCUT2D eigenvalue weighted by Gasteiger charge is 2.12. The summed E-state index contributed by atoms with van der Waals surface area (Å²) in [5.41, 5.74) is 0.558. The second-order valence-electron chi connectivity index (χ2n) is 4.20. The number of rotatable bonds is 7. The first-order valence-corrected chi connectivity index (χ1v) is 7.92. The minimum absolute atomic E-state index is 0. The van der Waals surface area contributed by atoms with Gasteiger partial charge in [0, 0.05) is 0 Å². The molecule has 0 aliphatic rings. The number of benzene rings is 1. The van der Waals surface area contributed by atoms with Gasteiger partial charge in [-0.3, -0.25) is 0 Å². The lowest BCUT2D eigenvalue weighted by Crippen LogP contribution is -2.06. The molecule has 0 unspecified atom stereocenters. The van der Waals surface area contributed by atoms with Crippen LogP contribution in [0.5, 0.6) is 5.75 Å². The molecule has 1 rings (SSSR count). The van der Waals surface area contributed by atoms with Gasteiger partial charge in [-0.15, -0.1) is 12.4 Å². The minimum Gasteiger partial charge on any atom is -0.489 e. The Labute approximate surface area is 126 Å². The molecular formula is C14H20ClFO3S. The monoisotopic (exact) mass is 322 g/mol. The van der Waals surface area contributed by atoms with Crippen LogP contribution in [-0.2, 0) is 9.84 Å². The number of halogens is 2. The summed E-state index contributed by atoms with van der Waals surface area (Å²) in [7, 11) is -3.19. The van der Waals surface area contributed by atoms with E-state index in [1.54, 1.807) is 12.1 Å². The molecule has 0 radical (unpaired) electrons. The van der Waals surface area contributed by atoms with Crippen molar-refractivity contribution in [1.82, 2.24) is 0 Å². The van der Waals surface area contributed by atoms with Crippen molar-refractivity contribution < 1.29 is 17.5 Å². The molecular weight excluding hydrogens is 303 g/mol. The molecule has 0 saturated carbocycles. The highest BCUT2D eigenvalue weighted by Crippen LogP contribution is 2.18. The van der Waals surface area contributed by atoms with Crippen LogP contribution in [0, 0.1) is 0 Å². The van der Waals surface area contributed by atoms with Crippen molar-refractivity contribution in [3.63, 3.8) is 0 Å². The highest BCUT2D eigenvalue weighted by atomic mass is 35.5. The summed E-state index contributed by atoms with van der Waals surface area (Å²) in [6.45, 7) is 3.84. The molecule has 0 atom stereocenters. The first-order valence-electron chi connectivity index (χ1n) is 6.27. The van der Waals surface area contributed by atoms with Crippen molar-refractivity contribution in [2.45, 2.75) is 31.6 Å². The quantitative estimate of drug-likeness (QED) is 0.763. The molecule has 0 amide bonds. The van der Waals surface area contributed by atoms with Crippen molar-refractivity contribution in [2.75, 3.05) is 12.4 Å². The normalized spacial score (nSPS) is 11.8. The van der Waals surface area contributed by atoms with Crippen LogP contribution in [0.2, 0.25) is 0 Å². The molecule has 0 fully saturated rings. The lowest BCUT2D eigenvalue weighted by Gasteiger charge is -2.08. The molecule has 0 aromatic heterocycles. The summed E-state index contributed by atoms with van der Waals surface area (Å²) >= 11 is 0. The molecule has 0 spiro atoms. The van der Waals surface area contributed by atoms with Crippen LogP contribution in [0.25, 0.3) is 0 Å². The zero-order valence-corrected chi connectivity index (χ0v) is 13.3.